The Labute approximate surface area is 126 Å². The summed E-state index contributed by atoms with van der Waals surface area (Å²) in [5.41, 5.74) is 1.15. The van der Waals surface area contributed by atoms with Gasteiger partial charge in [-0.2, -0.15) is 0 Å². The molecule has 0 heterocycles. The maximum absolute atomic E-state index is 11.0. The van der Waals surface area contributed by atoms with Crippen molar-refractivity contribution in [3.63, 3.8) is 0 Å². The first-order valence-electron chi connectivity index (χ1n) is 5.89. The minimum absolute atomic E-state index is 0.166. The second-order valence-corrected chi connectivity index (χ2v) is 5.48. The van der Waals surface area contributed by atoms with Crippen LogP contribution in [0.25, 0.3) is 0 Å². The number of thioether (sulfide) groups is 1. The summed E-state index contributed by atoms with van der Waals surface area (Å²) in [6.07, 6.45) is 0. The standard InChI is InChI=1S/C15H13ClO3S/c1-19-13-8-10(6-7-11(13)15(17)18)9-20-14-5-3-2-4-12(14)16/h2-8H,9H2,1H3,(H,17,18). The number of carbonyl (C=O) groups is 1. The van der Waals surface area contributed by atoms with Crippen molar-refractivity contribution in [2.45, 2.75) is 10.6 Å². The van der Waals surface area contributed by atoms with E-state index in [1.807, 2.05) is 24.3 Å². The van der Waals surface area contributed by atoms with Gasteiger partial charge in [0.05, 0.1) is 12.1 Å². The number of hydrogen-bond acceptors (Lipinski definition) is 3. The van der Waals surface area contributed by atoms with E-state index in [0.29, 0.717) is 16.5 Å². The van der Waals surface area contributed by atoms with E-state index in [4.69, 9.17) is 21.4 Å². The van der Waals surface area contributed by atoms with Crippen molar-refractivity contribution < 1.29 is 14.6 Å². The van der Waals surface area contributed by atoms with Gasteiger partial charge in [-0.1, -0.05) is 29.8 Å². The van der Waals surface area contributed by atoms with Crippen LogP contribution in [0.4, 0.5) is 0 Å². The van der Waals surface area contributed by atoms with E-state index in [-0.39, 0.29) is 5.56 Å². The van der Waals surface area contributed by atoms with E-state index in [1.165, 1.54) is 7.11 Å². The molecule has 2 aromatic rings. The van der Waals surface area contributed by atoms with Crippen molar-refractivity contribution in [3.05, 3.63) is 58.6 Å². The van der Waals surface area contributed by atoms with Crippen LogP contribution in [0.5, 0.6) is 5.75 Å². The van der Waals surface area contributed by atoms with Crippen molar-refractivity contribution in [2.24, 2.45) is 0 Å². The first-order valence-corrected chi connectivity index (χ1v) is 7.25. The lowest BCUT2D eigenvalue weighted by Crippen LogP contribution is -2.00. The second-order valence-electron chi connectivity index (χ2n) is 4.06. The zero-order chi connectivity index (χ0) is 14.5. The summed E-state index contributed by atoms with van der Waals surface area (Å²) in [6, 6.07) is 12.7. The van der Waals surface area contributed by atoms with Crippen LogP contribution < -0.4 is 4.74 Å². The van der Waals surface area contributed by atoms with E-state index in [0.717, 1.165) is 10.5 Å². The molecule has 0 aliphatic carbocycles. The molecule has 104 valence electrons. The molecule has 0 aromatic heterocycles. The predicted octanol–water partition coefficient (Wildman–Crippen LogP) is 4.34. The lowest BCUT2D eigenvalue weighted by Gasteiger charge is -2.08. The van der Waals surface area contributed by atoms with Crippen LogP contribution in [0.1, 0.15) is 15.9 Å². The Morgan fingerprint density at radius 3 is 2.70 bits per heavy atom. The third kappa shape index (κ3) is 3.46. The highest BCUT2D eigenvalue weighted by Gasteiger charge is 2.11. The minimum atomic E-state index is -0.993. The molecular formula is C15H13ClO3S. The number of benzene rings is 2. The molecule has 3 nitrogen and oxygen atoms in total. The first kappa shape index (κ1) is 14.8. The number of rotatable bonds is 5. The molecule has 0 saturated carbocycles. The highest BCUT2D eigenvalue weighted by atomic mass is 35.5. The van der Waals surface area contributed by atoms with Gasteiger partial charge < -0.3 is 9.84 Å². The summed E-state index contributed by atoms with van der Waals surface area (Å²) in [4.78, 5) is 12.0. The van der Waals surface area contributed by atoms with Crippen molar-refractivity contribution in [1.82, 2.24) is 0 Å². The number of aromatic carboxylic acids is 1. The SMILES string of the molecule is COc1cc(CSc2ccccc2Cl)ccc1C(=O)O. The van der Waals surface area contributed by atoms with Crippen molar-refractivity contribution in [1.29, 1.82) is 0 Å². The minimum Gasteiger partial charge on any atom is -0.496 e. The lowest BCUT2D eigenvalue weighted by atomic mass is 10.1. The van der Waals surface area contributed by atoms with Gasteiger partial charge in [0.2, 0.25) is 0 Å². The third-order valence-electron chi connectivity index (χ3n) is 2.73. The largest absolute Gasteiger partial charge is 0.496 e. The number of ether oxygens (including phenoxy) is 1. The third-order valence-corrected chi connectivity index (χ3v) is 4.31. The van der Waals surface area contributed by atoms with Crippen LogP contribution in [0.15, 0.2) is 47.4 Å². The van der Waals surface area contributed by atoms with Gasteiger partial charge in [-0.05, 0) is 29.8 Å². The van der Waals surface area contributed by atoms with E-state index in [1.54, 1.807) is 30.0 Å². The lowest BCUT2D eigenvalue weighted by molar-refractivity contribution is 0.0693. The molecular weight excluding hydrogens is 296 g/mol. The fourth-order valence-electron chi connectivity index (χ4n) is 1.72. The fraction of sp³-hybridized carbons (Fsp3) is 0.133. The number of halogens is 1. The zero-order valence-electron chi connectivity index (χ0n) is 10.8. The average Bonchev–Trinajstić information content (AvgIpc) is 2.46. The number of carboxylic acids is 1. The summed E-state index contributed by atoms with van der Waals surface area (Å²) < 4.78 is 5.11. The van der Waals surface area contributed by atoms with E-state index >= 15 is 0 Å². The van der Waals surface area contributed by atoms with Crippen molar-refractivity contribution >= 4 is 29.3 Å². The number of carboxylic acid groups (broad SMARTS) is 1. The van der Waals surface area contributed by atoms with Gasteiger partial charge in [-0.15, -0.1) is 11.8 Å². The van der Waals surface area contributed by atoms with Gasteiger partial charge in [0.15, 0.2) is 0 Å². The molecule has 0 spiro atoms. The predicted molar refractivity (Wildman–Crippen MR) is 81.0 cm³/mol. The Morgan fingerprint density at radius 1 is 1.30 bits per heavy atom. The normalized spacial score (nSPS) is 10.3. The van der Waals surface area contributed by atoms with Gasteiger partial charge in [0.25, 0.3) is 0 Å². The topological polar surface area (TPSA) is 46.5 Å². The summed E-state index contributed by atoms with van der Waals surface area (Å²) in [6.45, 7) is 0. The molecule has 5 heteroatoms. The van der Waals surface area contributed by atoms with Crippen LogP contribution in [0.3, 0.4) is 0 Å². The number of hydrogen-bond donors (Lipinski definition) is 1. The quantitative estimate of drug-likeness (QED) is 0.835. The molecule has 0 fully saturated rings. The van der Waals surface area contributed by atoms with Crippen LogP contribution in [0.2, 0.25) is 5.02 Å². The molecule has 0 saturated heterocycles. The van der Waals surface area contributed by atoms with Crippen LogP contribution in [-0.4, -0.2) is 18.2 Å². The molecule has 1 N–H and O–H groups in total. The van der Waals surface area contributed by atoms with Gasteiger partial charge in [-0.3, -0.25) is 0 Å². The van der Waals surface area contributed by atoms with Gasteiger partial charge in [0, 0.05) is 10.6 Å². The maximum atomic E-state index is 11.0. The van der Waals surface area contributed by atoms with Crippen LogP contribution >= 0.6 is 23.4 Å². The van der Waals surface area contributed by atoms with Crippen molar-refractivity contribution in [3.8, 4) is 5.75 Å². The highest BCUT2D eigenvalue weighted by Crippen LogP contribution is 2.30. The van der Waals surface area contributed by atoms with E-state index < -0.39 is 5.97 Å². The zero-order valence-corrected chi connectivity index (χ0v) is 12.4. The average molecular weight is 309 g/mol. The first-order chi connectivity index (χ1) is 9.61. The smallest absolute Gasteiger partial charge is 0.339 e. The summed E-state index contributed by atoms with van der Waals surface area (Å²) in [5, 5.41) is 9.74. The Morgan fingerprint density at radius 2 is 2.05 bits per heavy atom. The molecule has 0 aliphatic rings. The monoisotopic (exact) mass is 308 g/mol. The molecule has 0 unspecified atom stereocenters. The number of methoxy groups -OCH3 is 1. The summed E-state index contributed by atoms with van der Waals surface area (Å²) >= 11 is 7.69. The van der Waals surface area contributed by atoms with Crippen molar-refractivity contribution in [2.75, 3.05) is 7.11 Å². The highest BCUT2D eigenvalue weighted by molar-refractivity contribution is 7.98. The fourth-order valence-corrected chi connectivity index (χ4v) is 2.91. The molecule has 0 amide bonds. The maximum Gasteiger partial charge on any atom is 0.339 e. The van der Waals surface area contributed by atoms with Crippen LogP contribution in [-0.2, 0) is 5.75 Å². The summed E-state index contributed by atoms with van der Waals surface area (Å²) in [7, 11) is 1.47. The van der Waals surface area contributed by atoms with Gasteiger partial charge in [0.1, 0.15) is 11.3 Å². The molecule has 0 aliphatic heterocycles. The Bertz CT molecular complexity index is 628. The molecule has 20 heavy (non-hydrogen) atoms. The van der Waals surface area contributed by atoms with Gasteiger partial charge >= 0.3 is 5.97 Å². The second kappa shape index (κ2) is 6.68. The Hall–Kier alpha value is -1.65. The molecule has 0 atom stereocenters. The van der Waals surface area contributed by atoms with Crippen LogP contribution in [0, 0.1) is 0 Å². The summed E-state index contributed by atoms with van der Waals surface area (Å²) in [5.74, 6) is 0.0712. The molecule has 0 radical (unpaired) electrons. The van der Waals surface area contributed by atoms with Gasteiger partial charge in [-0.25, -0.2) is 4.79 Å². The van der Waals surface area contributed by atoms with E-state index in [9.17, 15) is 4.79 Å². The van der Waals surface area contributed by atoms with E-state index in [2.05, 4.69) is 0 Å². The Balaban J connectivity index is 2.15. The molecule has 0 bridgehead atoms. The molecule has 2 aromatic carbocycles. The molecule has 2 rings (SSSR count). The Kier molecular flexibility index (Phi) is 4.93.